The highest BCUT2D eigenvalue weighted by Crippen LogP contribution is 2.19. The molecule has 5 nitrogen and oxygen atoms in total. The molecule has 0 aromatic rings. The van der Waals surface area contributed by atoms with Crippen LogP contribution in [0.4, 0.5) is 0 Å². The summed E-state index contributed by atoms with van der Waals surface area (Å²) in [5, 5.41) is 9.66. The van der Waals surface area contributed by atoms with Crippen molar-refractivity contribution in [2.75, 3.05) is 44.2 Å². The molecule has 5 N–H and O–H groups in total. The third kappa shape index (κ3) is 17.8. The van der Waals surface area contributed by atoms with Gasteiger partial charge in [-0.15, -0.1) is 0 Å². The molecule has 0 heterocycles. The number of hydrogen-bond donors (Lipinski definition) is 4. The third-order valence-corrected chi connectivity index (χ3v) is 5.45. The van der Waals surface area contributed by atoms with Crippen molar-refractivity contribution in [1.82, 2.24) is 16.0 Å². The maximum absolute atomic E-state index is 11.3. The van der Waals surface area contributed by atoms with Crippen LogP contribution < -0.4 is 21.7 Å². The van der Waals surface area contributed by atoms with E-state index in [-0.39, 0.29) is 5.91 Å². The predicted molar refractivity (Wildman–Crippen MR) is 106 cm³/mol. The molecule has 0 saturated heterocycles. The first-order chi connectivity index (χ1) is 11.2. The van der Waals surface area contributed by atoms with Crippen molar-refractivity contribution in [3.8, 4) is 0 Å². The van der Waals surface area contributed by atoms with Crippen LogP contribution in [0.5, 0.6) is 0 Å². The van der Waals surface area contributed by atoms with E-state index in [1.54, 1.807) is 10.8 Å². The van der Waals surface area contributed by atoms with Crippen LogP contribution in [0.2, 0.25) is 0 Å². The number of nitrogens with one attached hydrogen (secondary N) is 3. The van der Waals surface area contributed by atoms with E-state index in [9.17, 15) is 4.79 Å². The second-order valence-corrected chi connectivity index (χ2v) is 7.97. The molecule has 0 rings (SSSR count). The average molecular weight is 363 g/mol. The number of unbranched alkanes of at least 4 members (excludes halogenated alkanes) is 1. The fourth-order valence-electron chi connectivity index (χ4n) is 1.78. The lowest BCUT2D eigenvalue weighted by Crippen LogP contribution is -2.25. The van der Waals surface area contributed by atoms with Gasteiger partial charge in [0.1, 0.15) is 0 Å². The second-order valence-electron chi connectivity index (χ2n) is 5.27. The molecule has 0 saturated carbocycles. The van der Waals surface area contributed by atoms with Gasteiger partial charge in [-0.05, 0) is 38.8 Å². The van der Waals surface area contributed by atoms with Gasteiger partial charge < -0.3 is 21.7 Å². The molecule has 0 aromatic carbocycles. The molecule has 136 valence electrons. The average Bonchev–Trinajstić information content (AvgIpc) is 2.53. The molecule has 0 aromatic heterocycles. The zero-order chi connectivity index (χ0) is 17.2. The molecule has 0 spiro atoms. The summed E-state index contributed by atoms with van der Waals surface area (Å²) in [6.45, 7) is 10.5. The Labute approximate surface area is 149 Å². The zero-order valence-corrected chi connectivity index (χ0v) is 16.1. The van der Waals surface area contributed by atoms with Crippen molar-refractivity contribution in [1.29, 1.82) is 0 Å². The summed E-state index contributed by atoms with van der Waals surface area (Å²) in [5.74, 6) is 2.15. The van der Waals surface area contributed by atoms with Gasteiger partial charge in [-0.25, -0.2) is 0 Å². The van der Waals surface area contributed by atoms with E-state index in [1.165, 1.54) is 0 Å². The minimum Gasteiger partial charge on any atom is -0.388 e. The lowest BCUT2D eigenvalue weighted by molar-refractivity contribution is -0.120. The first-order valence-electron chi connectivity index (χ1n) is 8.54. The van der Waals surface area contributed by atoms with E-state index in [0.29, 0.717) is 6.42 Å². The molecular formula is C16H34N4OS2. The molecule has 0 aliphatic heterocycles. The van der Waals surface area contributed by atoms with Gasteiger partial charge in [-0.2, -0.15) is 0 Å². The summed E-state index contributed by atoms with van der Waals surface area (Å²) >= 11 is 0. The fourth-order valence-corrected chi connectivity index (χ4v) is 3.60. The Hall–Kier alpha value is -0.370. The van der Waals surface area contributed by atoms with E-state index >= 15 is 0 Å². The van der Waals surface area contributed by atoms with Gasteiger partial charge in [0.05, 0.1) is 0 Å². The quantitative estimate of drug-likeness (QED) is 0.234. The number of rotatable bonds is 17. The topological polar surface area (TPSA) is 79.2 Å². The van der Waals surface area contributed by atoms with Gasteiger partial charge in [0.2, 0.25) is 5.91 Å². The summed E-state index contributed by atoms with van der Waals surface area (Å²) < 4.78 is 0. The number of carbonyl (C=O) groups is 1. The van der Waals surface area contributed by atoms with E-state index in [2.05, 4.69) is 22.5 Å². The highest BCUT2D eigenvalue weighted by Gasteiger charge is 1.98. The van der Waals surface area contributed by atoms with Gasteiger partial charge in [0, 0.05) is 43.3 Å². The molecule has 0 aliphatic carbocycles. The molecule has 1 amide bonds. The molecular weight excluding hydrogens is 328 g/mol. The van der Waals surface area contributed by atoms with Crippen LogP contribution in [0.15, 0.2) is 12.3 Å². The zero-order valence-electron chi connectivity index (χ0n) is 14.5. The van der Waals surface area contributed by atoms with Gasteiger partial charge in [0.25, 0.3) is 0 Å². The largest absolute Gasteiger partial charge is 0.388 e. The van der Waals surface area contributed by atoms with E-state index in [0.717, 1.165) is 75.6 Å². The Morgan fingerprint density at radius 1 is 1.00 bits per heavy atom. The normalized spacial score (nSPS) is 10.5. The highest BCUT2D eigenvalue weighted by molar-refractivity contribution is 8.76. The minimum atomic E-state index is 0.160. The van der Waals surface area contributed by atoms with Crippen LogP contribution >= 0.6 is 21.6 Å². The van der Waals surface area contributed by atoms with E-state index in [4.69, 9.17) is 5.73 Å². The SMILES string of the molecule is C=C(CCNCCCCN)NCCSSCCNC(=O)CCC. The number of carbonyl (C=O) groups excluding carboxylic acids is 1. The predicted octanol–water partition coefficient (Wildman–Crippen LogP) is 2.11. The molecule has 0 fully saturated rings. The maximum atomic E-state index is 11.3. The standard InChI is InChI=1S/C16H34N4OS2/c1-3-6-16(21)20-12-14-23-22-13-11-19-15(2)7-10-18-9-5-4-8-17/h18-19H,2-14,17H2,1H3,(H,20,21). The lowest BCUT2D eigenvalue weighted by Gasteiger charge is -2.10. The van der Waals surface area contributed by atoms with Gasteiger partial charge >= 0.3 is 0 Å². The Balaban J connectivity index is 3.22. The second kappa shape index (κ2) is 18.0. The van der Waals surface area contributed by atoms with Crippen LogP contribution in [0.25, 0.3) is 0 Å². The smallest absolute Gasteiger partial charge is 0.220 e. The Bertz CT molecular complexity index is 304. The number of nitrogens with two attached hydrogens (primary N) is 1. The Morgan fingerprint density at radius 2 is 1.70 bits per heavy atom. The van der Waals surface area contributed by atoms with Crippen molar-refractivity contribution >= 4 is 27.5 Å². The summed E-state index contributed by atoms with van der Waals surface area (Å²) in [7, 11) is 3.64. The summed E-state index contributed by atoms with van der Waals surface area (Å²) in [5.41, 5.74) is 6.54. The van der Waals surface area contributed by atoms with E-state index < -0.39 is 0 Å². The van der Waals surface area contributed by atoms with Crippen molar-refractivity contribution in [2.24, 2.45) is 5.73 Å². The molecule has 7 heteroatoms. The first-order valence-corrected chi connectivity index (χ1v) is 11.0. The van der Waals surface area contributed by atoms with Crippen LogP contribution in [0.1, 0.15) is 39.0 Å². The molecule has 0 unspecified atom stereocenters. The molecule has 0 atom stereocenters. The summed E-state index contributed by atoms with van der Waals surface area (Å²) in [6.07, 6.45) is 4.73. The number of amides is 1. The van der Waals surface area contributed by atoms with Gasteiger partial charge in [-0.3, -0.25) is 4.79 Å². The Kier molecular flexibility index (Phi) is 17.7. The van der Waals surface area contributed by atoms with Crippen molar-refractivity contribution in [3.63, 3.8) is 0 Å². The molecule has 0 radical (unpaired) electrons. The monoisotopic (exact) mass is 362 g/mol. The maximum Gasteiger partial charge on any atom is 0.220 e. The summed E-state index contributed by atoms with van der Waals surface area (Å²) in [4.78, 5) is 11.3. The molecule has 23 heavy (non-hydrogen) atoms. The molecule has 0 aliphatic rings. The lowest BCUT2D eigenvalue weighted by atomic mass is 10.3. The van der Waals surface area contributed by atoms with Crippen LogP contribution in [-0.2, 0) is 4.79 Å². The molecule has 0 bridgehead atoms. The van der Waals surface area contributed by atoms with Gasteiger partial charge in [0.15, 0.2) is 0 Å². The van der Waals surface area contributed by atoms with Gasteiger partial charge in [-0.1, -0.05) is 35.1 Å². The first kappa shape index (κ1) is 22.6. The minimum absolute atomic E-state index is 0.160. The third-order valence-electron chi connectivity index (χ3n) is 3.04. The Morgan fingerprint density at radius 3 is 2.35 bits per heavy atom. The van der Waals surface area contributed by atoms with Crippen molar-refractivity contribution < 1.29 is 4.79 Å². The van der Waals surface area contributed by atoms with E-state index in [1.807, 2.05) is 17.7 Å². The number of hydrogen-bond acceptors (Lipinski definition) is 6. The fraction of sp³-hybridized carbons (Fsp3) is 0.812. The van der Waals surface area contributed by atoms with Crippen LogP contribution in [0.3, 0.4) is 0 Å². The van der Waals surface area contributed by atoms with Crippen LogP contribution in [0, 0.1) is 0 Å². The van der Waals surface area contributed by atoms with Crippen molar-refractivity contribution in [3.05, 3.63) is 12.3 Å². The summed E-state index contributed by atoms with van der Waals surface area (Å²) in [6, 6.07) is 0. The highest BCUT2D eigenvalue weighted by atomic mass is 33.1. The van der Waals surface area contributed by atoms with Crippen molar-refractivity contribution in [2.45, 2.75) is 39.0 Å². The van der Waals surface area contributed by atoms with Crippen LogP contribution in [-0.4, -0.2) is 50.1 Å².